The molecule has 2 aromatic rings. The Bertz CT molecular complexity index is 586. The van der Waals surface area contributed by atoms with Gasteiger partial charge in [-0.2, -0.15) is 11.8 Å². The number of aromatic carboxylic acids is 1. The molecule has 0 saturated heterocycles. The van der Waals surface area contributed by atoms with E-state index in [1.54, 1.807) is 24.0 Å². The monoisotopic (exact) mass is 311 g/mol. The number of halogens is 1. The Balaban J connectivity index is 2.74. The highest BCUT2D eigenvalue weighted by atomic mass is 79.9. The summed E-state index contributed by atoms with van der Waals surface area (Å²) in [7, 11) is 0. The molecule has 0 bridgehead atoms. The third kappa shape index (κ3) is 2.45. The first kappa shape index (κ1) is 12.4. The van der Waals surface area contributed by atoms with Crippen molar-refractivity contribution < 1.29 is 9.90 Å². The van der Waals surface area contributed by atoms with E-state index in [-0.39, 0.29) is 0 Å². The molecule has 0 fully saturated rings. The van der Waals surface area contributed by atoms with Crippen molar-refractivity contribution in [1.82, 2.24) is 4.98 Å². The molecule has 88 valence electrons. The maximum atomic E-state index is 11.3. The van der Waals surface area contributed by atoms with Gasteiger partial charge >= 0.3 is 5.97 Å². The van der Waals surface area contributed by atoms with Crippen molar-refractivity contribution >= 4 is 44.6 Å². The first-order chi connectivity index (χ1) is 8.13. The van der Waals surface area contributed by atoms with Gasteiger partial charge in [0.2, 0.25) is 0 Å². The molecule has 1 N–H and O–H groups in total. The summed E-state index contributed by atoms with van der Waals surface area (Å²) in [5.41, 5.74) is 1.82. The van der Waals surface area contributed by atoms with Crippen LogP contribution in [0.3, 0.4) is 0 Å². The zero-order valence-corrected chi connectivity index (χ0v) is 11.5. The van der Waals surface area contributed by atoms with Crippen LogP contribution in [0.2, 0.25) is 0 Å². The zero-order valence-electron chi connectivity index (χ0n) is 9.11. The number of carboxylic acids is 1. The molecule has 0 saturated carbocycles. The summed E-state index contributed by atoms with van der Waals surface area (Å²) in [6.45, 7) is 0. The number of nitrogens with zero attached hydrogens (tertiary/aromatic N) is 1. The molecule has 0 unspecified atom stereocenters. The van der Waals surface area contributed by atoms with Gasteiger partial charge in [-0.05, 0) is 24.0 Å². The molecular weight excluding hydrogens is 302 g/mol. The third-order valence-corrected chi connectivity index (χ3v) is 3.52. The molecule has 1 aromatic heterocycles. The number of rotatable bonds is 3. The molecule has 1 heterocycles. The van der Waals surface area contributed by atoms with Crippen molar-refractivity contribution in [3.63, 3.8) is 0 Å². The minimum atomic E-state index is -0.899. The second-order valence-electron chi connectivity index (χ2n) is 3.56. The summed E-state index contributed by atoms with van der Waals surface area (Å²) in [6.07, 6.45) is 3.59. The van der Waals surface area contributed by atoms with E-state index >= 15 is 0 Å². The Kier molecular flexibility index (Phi) is 3.69. The van der Waals surface area contributed by atoms with Crippen LogP contribution in [-0.4, -0.2) is 22.3 Å². The van der Waals surface area contributed by atoms with Gasteiger partial charge in [-0.3, -0.25) is 4.98 Å². The smallest absolute Gasteiger partial charge is 0.336 e. The molecule has 0 aliphatic carbocycles. The number of benzene rings is 1. The van der Waals surface area contributed by atoms with Crippen LogP contribution in [0.1, 0.15) is 15.9 Å². The Morgan fingerprint density at radius 2 is 2.29 bits per heavy atom. The predicted molar refractivity (Wildman–Crippen MR) is 73.6 cm³/mol. The fourth-order valence-corrected chi connectivity index (χ4v) is 2.60. The van der Waals surface area contributed by atoms with Crippen LogP contribution in [0, 0.1) is 0 Å². The average molecular weight is 312 g/mol. The summed E-state index contributed by atoms with van der Waals surface area (Å²) in [4.78, 5) is 15.6. The Morgan fingerprint density at radius 3 is 2.94 bits per heavy atom. The van der Waals surface area contributed by atoms with Crippen LogP contribution in [0.4, 0.5) is 0 Å². The summed E-state index contributed by atoms with van der Waals surface area (Å²) in [5, 5.41) is 10.00. The summed E-state index contributed by atoms with van der Waals surface area (Å²) < 4.78 is 0.895. The van der Waals surface area contributed by atoms with E-state index in [0.29, 0.717) is 22.2 Å². The third-order valence-electron chi connectivity index (χ3n) is 2.42. The lowest BCUT2D eigenvalue weighted by molar-refractivity contribution is 0.0698. The zero-order chi connectivity index (χ0) is 12.4. The second-order valence-corrected chi connectivity index (χ2v) is 5.34. The van der Waals surface area contributed by atoms with Gasteiger partial charge in [0, 0.05) is 21.8 Å². The van der Waals surface area contributed by atoms with Gasteiger partial charge < -0.3 is 5.11 Å². The molecular formula is C12H10BrNO2S. The molecule has 0 aliphatic rings. The van der Waals surface area contributed by atoms with Crippen LogP contribution < -0.4 is 0 Å². The number of pyridine rings is 1. The molecule has 2 rings (SSSR count). The molecule has 0 spiro atoms. The maximum Gasteiger partial charge on any atom is 0.336 e. The van der Waals surface area contributed by atoms with E-state index < -0.39 is 5.97 Å². The molecule has 0 aliphatic heterocycles. The van der Waals surface area contributed by atoms with Crippen molar-refractivity contribution in [2.75, 3.05) is 6.26 Å². The summed E-state index contributed by atoms with van der Waals surface area (Å²) in [5.74, 6) is -0.246. The van der Waals surface area contributed by atoms with E-state index in [1.165, 1.54) is 0 Å². The number of thioether (sulfide) groups is 1. The van der Waals surface area contributed by atoms with Crippen LogP contribution in [0.15, 0.2) is 28.9 Å². The molecule has 5 heteroatoms. The minimum absolute atomic E-state index is 0.358. The summed E-state index contributed by atoms with van der Waals surface area (Å²) in [6, 6.07) is 5.45. The number of carbonyl (C=O) groups is 1. The van der Waals surface area contributed by atoms with Crippen LogP contribution >= 0.6 is 27.7 Å². The number of fused-ring (bicyclic) bond motifs is 1. The largest absolute Gasteiger partial charge is 0.478 e. The highest BCUT2D eigenvalue weighted by Gasteiger charge is 2.15. The number of hydrogen-bond acceptors (Lipinski definition) is 3. The predicted octanol–water partition coefficient (Wildman–Crippen LogP) is 3.56. The maximum absolute atomic E-state index is 11.3. The van der Waals surface area contributed by atoms with Gasteiger partial charge in [0.15, 0.2) is 0 Å². The summed E-state index contributed by atoms with van der Waals surface area (Å²) >= 11 is 4.94. The number of hydrogen-bond donors (Lipinski definition) is 1. The van der Waals surface area contributed by atoms with Crippen molar-refractivity contribution in [3.05, 3.63) is 40.0 Å². The van der Waals surface area contributed by atoms with E-state index in [4.69, 9.17) is 0 Å². The first-order valence-electron chi connectivity index (χ1n) is 4.93. The van der Waals surface area contributed by atoms with Crippen molar-refractivity contribution in [3.8, 4) is 0 Å². The Labute approximate surface area is 111 Å². The quantitative estimate of drug-likeness (QED) is 0.941. The lowest BCUT2D eigenvalue weighted by Gasteiger charge is -2.08. The van der Waals surface area contributed by atoms with Gasteiger partial charge in [-0.15, -0.1) is 0 Å². The molecule has 0 radical (unpaired) electrons. The van der Waals surface area contributed by atoms with E-state index in [1.807, 2.05) is 18.4 Å². The second kappa shape index (κ2) is 5.06. The van der Waals surface area contributed by atoms with E-state index in [0.717, 1.165) is 10.0 Å². The van der Waals surface area contributed by atoms with E-state index in [9.17, 15) is 9.90 Å². The first-order valence-corrected chi connectivity index (χ1v) is 7.11. The molecule has 17 heavy (non-hydrogen) atoms. The van der Waals surface area contributed by atoms with Crippen LogP contribution in [0.25, 0.3) is 10.9 Å². The van der Waals surface area contributed by atoms with Gasteiger partial charge in [0.25, 0.3) is 0 Å². The van der Waals surface area contributed by atoms with Crippen molar-refractivity contribution in [2.24, 2.45) is 0 Å². The highest BCUT2D eigenvalue weighted by molar-refractivity contribution is 9.10. The number of aromatic nitrogens is 1. The van der Waals surface area contributed by atoms with Gasteiger partial charge in [0.05, 0.1) is 11.1 Å². The minimum Gasteiger partial charge on any atom is -0.478 e. The fourth-order valence-electron chi connectivity index (χ4n) is 1.73. The molecule has 3 nitrogen and oxygen atoms in total. The topological polar surface area (TPSA) is 50.2 Å². The molecule has 0 atom stereocenters. The standard InChI is InChI=1S/C12H10BrNO2S/c1-17-6-7-5-14-10-4-8(13)2-3-9(10)11(7)12(15)16/h2-5H,6H2,1H3,(H,15,16). The van der Waals surface area contributed by atoms with E-state index in [2.05, 4.69) is 20.9 Å². The normalized spacial score (nSPS) is 10.7. The van der Waals surface area contributed by atoms with Gasteiger partial charge in [0.1, 0.15) is 0 Å². The van der Waals surface area contributed by atoms with Crippen molar-refractivity contribution in [2.45, 2.75) is 5.75 Å². The fraction of sp³-hybridized carbons (Fsp3) is 0.167. The van der Waals surface area contributed by atoms with Gasteiger partial charge in [-0.1, -0.05) is 22.0 Å². The molecule has 0 amide bonds. The van der Waals surface area contributed by atoms with Crippen LogP contribution in [-0.2, 0) is 5.75 Å². The lowest BCUT2D eigenvalue weighted by Crippen LogP contribution is -2.04. The van der Waals surface area contributed by atoms with Crippen molar-refractivity contribution in [1.29, 1.82) is 0 Å². The Hall–Kier alpha value is -1.07. The van der Waals surface area contributed by atoms with Crippen LogP contribution in [0.5, 0.6) is 0 Å². The average Bonchev–Trinajstić information content (AvgIpc) is 2.28. The highest BCUT2D eigenvalue weighted by Crippen LogP contribution is 2.25. The number of carboxylic acid groups (broad SMARTS) is 1. The van der Waals surface area contributed by atoms with Gasteiger partial charge in [-0.25, -0.2) is 4.79 Å². The SMILES string of the molecule is CSCc1cnc2cc(Br)ccc2c1C(=O)O. The Morgan fingerprint density at radius 1 is 1.53 bits per heavy atom. The lowest BCUT2D eigenvalue weighted by atomic mass is 10.0. The molecule has 1 aromatic carbocycles.